The van der Waals surface area contributed by atoms with Crippen LogP contribution in [0, 0.1) is 0 Å². The molecule has 1 aromatic carbocycles. The van der Waals surface area contributed by atoms with E-state index in [0.29, 0.717) is 11.4 Å². The molecule has 0 amide bonds. The molecule has 2 aromatic rings. The van der Waals surface area contributed by atoms with E-state index in [1.54, 1.807) is 36.0 Å². The summed E-state index contributed by atoms with van der Waals surface area (Å²) in [4.78, 5) is 16.6. The Hall–Kier alpha value is -2.01. The van der Waals surface area contributed by atoms with Crippen molar-refractivity contribution in [3.8, 4) is 5.75 Å². The van der Waals surface area contributed by atoms with Crippen LogP contribution in [-0.4, -0.2) is 23.2 Å². The number of phenolic OH excluding ortho intramolecular Hbond substituents is 1. The van der Waals surface area contributed by atoms with Gasteiger partial charge in [0.15, 0.2) is 0 Å². The lowest BCUT2D eigenvalue weighted by Gasteiger charge is -2.04. The number of methoxy groups -OCH3 is 1. The average Bonchev–Trinajstić information content (AvgIpc) is 2.46. The topological polar surface area (TPSA) is 59.4 Å². The number of thioether (sulfide) groups is 1. The number of aromatic nitrogens is 1. The van der Waals surface area contributed by atoms with E-state index in [0.717, 1.165) is 10.6 Å². The molecule has 0 atom stereocenters. The van der Waals surface area contributed by atoms with Gasteiger partial charge in [-0.25, -0.2) is 9.78 Å². The molecule has 1 aromatic heterocycles. The van der Waals surface area contributed by atoms with Gasteiger partial charge in [0.2, 0.25) is 0 Å². The van der Waals surface area contributed by atoms with Gasteiger partial charge in [-0.3, -0.25) is 0 Å². The molecule has 2 rings (SSSR count). The summed E-state index contributed by atoms with van der Waals surface area (Å²) in [6.45, 7) is 0. The molecule has 0 bridgehead atoms. The molecule has 0 saturated heterocycles. The number of nitrogens with zero attached hydrogens (tertiary/aromatic N) is 1. The minimum atomic E-state index is -0.434. The van der Waals surface area contributed by atoms with Crippen LogP contribution in [0.3, 0.4) is 0 Å². The van der Waals surface area contributed by atoms with Crippen LogP contribution >= 0.6 is 11.8 Å². The summed E-state index contributed by atoms with van der Waals surface area (Å²) in [7, 11) is 1.34. The van der Waals surface area contributed by atoms with Gasteiger partial charge in [0.1, 0.15) is 11.4 Å². The van der Waals surface area contributed by atoms with Gasteiger partial charge in [-0.05, 0) is 36.4 Å². The highest BCUT2D eigenvalue weighted by atomic mass is 32.2. The number of hydrogen-bond donors (Lipinski definition) is 1. The van der Waals surface area contributed by atoms with Gasteiger partial charge in [-0.15, -0.1) is 11.8 Å². The van der Waals surface area contributed by atoms with E-state index in [2.05, 4.69) is 9.72 Å². The Balaban J connectivity index is 2.03. The zero-order chi connectivity index (χ0) is 13.7. The van der Waals surface area contributed by atoms with Crippen molar-refractivity contribution in [3.05, 3.63) is 53.9 Å². The van der Waals surface area contributed by atoms with Gasteiger partial charge in [0.05, 0.1) is 12.8 Å². The Morgan fingerprint density at radius 3 is 2.68 bits per heavy atom. The number of esters is 1. The fraction of sp³-hybridized carbons (Fsp3) is 0.143. The number of rotatable bonds is 4. The second-order valence-electron chi connectivity index (χ2n) is 3.79. The van der Waals surface area contributed by atoms with E-state index < -0.39 is 5.97 Å². The summed E-state index contributed by atoms with van der Waals surface area (Å²) in [5.74, 6) is 0.460. The monoisotopic (exact) mass is 275 g/mol. The molecule has 98 valence electrons. The Labute approximate surface area is 115 Å². The van der Waals surface area contributed by atoms with Crippen molar-refractivity contribution in [3.63, 3.8) is 0 Å². The maximum absolute atomic E-state index is 11.4. The lowest BCUT2D eigenvalue weighted by molar-refractivity contribution is 0.0594. The maximum atomic E-state index is 11.4. The van der Waals surface area contributed by atoms with E-state index in [4.69, 9.17) is 0 Å². The Morgan fingerprint density at radius 1 is 1.26 bits per heavy atom. The van der Waals surface area contributed by atoms with Gasteiger partial charge in [0.25, 0.3) is 0 Å². The number of pyridine rings is 1. The first-order chi connectivity index (χ1) is 9.19. The molecular weight excluding hydrogens is 262 g/mol. The first-order valence-electron chi connectivity index (χ1n) is 5.65. The third kappa shape index (κ3) is 3.72. The molecule has 5 heteroatoms. The van der Waals surface area contributed by atoms with E-state index in [1.165, 1.54) is 7.11 Å². The van der Waals surface area contributed by atoms with E-state index in [9.17, 15) is 9.90 Å². The number of aromatic hydroxyl groups is 1. The van der Waals surface area contributed by atoms with Crippen LogP contribution in [0.2, 0.25) is 0 Å². The fourth-order valence-electron chi connectivity index (χ4n) is 1.48. The van der Waals surface area contributed by atoms with Crippen LogP contribution < -0.4 is 0 Å². The van der Waals surface area contributed by atoms with Crippen molar-refractivity contribution in [2.75, 3.05) is 7.11 Å². The molecule has 0 fully saturated rings. The Morgan fingerprint density at radius 2 is 2.00 bits per heavy atom. The predicted octanol–water partition coefficient (Wildman–Crippen LogP) is 2.87. The smallest absolute Gasteiger partial charge is 0.356 e. The van der Waals surface area contributed by atoms with Gasteiger partial charge in [-0.1, -0.05) is 6.07 Å². The minimum Gasteiger partial charge on any atom is -0.508 e. The van der Waals surface area contributed by atoms with Crippen molar-refractivity contribution >= 4 is 17.7 Å². The molecule has 1 N–H and O–H groups in total. The molecule has 0 aliphatic heterocycles. The van der Waals surface area contributed by atoms with Gasteiger partial charge in [0, 0.05) is 10.6 Å². The molecule has 0 spiro atoms. The molecular formula is C14H13NO3S. The SMILES string of the molecule is COC(=O)c1cccc(CSc2ccc(O)cc2)n1. The number of ether oxygens (including phenoxy) is 1. The lowest BCUT2D eigenvalue weighted by atomic mass is 10.3. The highest BCUT2D eigenvalue weighted by molar-refractivity contribution is 7.98. The largest absolute Gasteiger partial charge is 0.508 e. The number of benzene rings is 1. The maximum Gasteiger partial charge on any atom is 0.356 e. The van der Waals surface area contributed by atoms with Crippen LogP contribution in [0.5, 0.6) is 5.75 Å². The number of hydrogen-bond acceptors (Lipinski definition) is 5. The first-order valence-corrected chi connectivity index (χ1v) is 6.63. The number of phenols is 1. The molecule has 1 heterocycles. The van der Waals surface area contributed by atoms with Gasteiger partial charge < -0.3 is 9.84 Å². The summed E-state index contributed by atoms with van der Waals surface area (Å²) in [5.41, 5.74) is 1.12. The Kier molecular flexibility index (Phi) is 4.41. The average molecular weight is 275 g/mol. The van der Waals surface area contributed by atoms with Crippen LogP contribution in [-0.2, 0) is 10.5 Å². The first kappa shape index (κ1) is 13.4. The summed E-state index contributed by atoms with van der Waals surface area (Å²) >= 11 is 1.58. The van der Waals surface area contributed by atoms with Gasteiger partial charge in [-0.2, -0.15) is 0 Å². The van der Waals surface area contributed by atoms with Crippen LogP contribution in [0.1, 0.15) is 16.2 Å². The predicted molar refractivity (Wildman–Crippen MR) is 73.2 cm³/mol. The van der Waals surface area contributed by atoms with Crippen molar-refractivity contribution in [2.24, 2.45) is 0 Å². The van der Waals surface area contributed by atoms with Crippen LogP contribution in [0.4, 0.5) is 0 Å². The van der Waals surface area contributed by atoms with E-state index >= 15 is 0 Å². The van der Waals surface area contributed by atoms with Crippen molar-refractivity contribution in [1.82, 2.24) is 4.98 Å². The molecule has 0 aliphatic carbocycles. The quantitative estimate of drug-likeness (QED) is 0.686. The second-order valence-corrected chi connectivity index (χ2v) is 4.84. The molecule has 0 radical (unpaired) electrons. The third-order valence-corrected chi connectivity index (χ3v) is 3.47. The normalized spacial score (nSPS) is 10.2. The summed E-state index contributed by atoms with van der Waals surface area (Å²) < 4.78 is 4.63. The lowest BCUT2D eigenvalue weighted by Crippen LogP contribution is -2.05. The van der Waals surface area contributed by atoms with Crippen molar-refractivity contribution in [2.45, 2.75) is 10.6 Å². The highest BCUT2D eigenvalue weighted by Crippen LogP contribution is 2.23. The van der Waals surface area contributed by atoms with Crippen LogP contribution in [0.25, 0.3) is 0 Å². The molecule has 19 heavy (non-hydrogen) atoms. The zero-order valence-corrected chi connectivity index (χ0v) is 11.2. The fourth-order valence-corrected chi connectivity index (χ4v) is 2.28. The standard InChI is InChI=1S/C14H13NO3S/c1-18-14(17)13-4-2-3-10(15-13)9-19-12-7-5-11(16)6-8-12/h2-8,16H,9H2,1H3. The van der Waals surface area contributed by atoms with Crippen molar-refractivity contribution in [1.29, 1.82) is 0 Å². The van der Waals surface area contributed by atoms with Crippen LogP contribution in [0.15, 0.2) is 47.4 Å². The molecule has 0 saturated carbocycles. The molecule has 0 unspecified atom stereocenters. The summed E-state index contributed by atoms with van der Waals surface area (Å²) in [6, 6.07) is 12.2. The highest BCUT2D eigenvalue weighted by Gasteiger charge is 2.07. The molecule has 4 nitrogen and oxygen atoms in total. The third-order valence-electron chi connectivity index (χ3n) is 2.42. The van der Waals surface area contributed by atoms with Gasteiger partial charge >= 0.3 is 5.97 Å². The number of carbonyl (C=O) groups excluding carboxylic acids is 1. The summed E-state index contributed by atoms with van der Waals surface area (Å²) in [6.07, 6.45) is 0. The van der Waals surface area contributed by atoms with E-state index in [-0.39, 0.29) is 5.75 Å². The van der Waals surface area contributed by atoms with Crippen molar-refractivity contribution < 1.29 is 14.6 Å². The van der Waals surface area contributed by atoms with E-state index in [1.807, 2.05) is 18.2 Å². The summed E-state index contributed by atoms with van der Waals surface area (Å²) in [5, 5.41) is 9.19. The number of carbonyl (C=O) groups is 1. The minimum absolute atomic E-state index is 0.246. The second kappa shape index (κ2) is 6.24. The molecule has 0 aliphatic rings. The Bertz CT molecular complexity index is 569. The zero-order valence-electron chi connectivity index (χ0n) is 10.4.